The second-order valence-corrected chi connectivity index (χ2v) is 6.25. The Kier molecular flexibility index (Phi) is 6.47. The van der Waals surface area contributed by atoms with Crippen LogP contribution in [0.5, 0.6) is 5.75 Å². The Labute approximate surface area is 167 Å². The summed E-state index contributed by atoms with van der Waals surface area (Å²) >= 11 is 0. The minimum Gasteiger partial charge on any atom is -0.427 e. The molecular formula is C23H18FNO4. The first-order chi connectivity index (χ1) is 14.0. The average molecular weight is 391 g/mol. The lowest BCUT2D eigenvalue weighted by atomic mass is 10.1. The third kappa shape index (κ3) is 5.84. The van der Waals surface area contributed by atoms with E-state index in [1.807, 2.05) is 6.07 Å². The zero-order valence-corrected chi connectivity index (χ0v) is 15.4. The second-order valence-electron chi connectivity index (χ2n) is 6.25. The van der Waals surface area contributed by atoms with Crippen molar-refractivity contribution in [3.63, 3.8) is 0 Å². The van der Waals surface area contributed by atoms with Crippen molar-refractivity contribution in [2.24, 2.45) is 0 Å². The summed E-state index contributed by atoms with van der Waals surface area (Å²) in [7, 11) is 0. The quantitative estimate of drug-likeness (QED) is 0.362. The normalized spacial score (nSPS) is 10.2. The van der Waals surface area contributed by atoms with Crippen LogP contribution in [-0.2, 0) is 4.79 Å². The third-order valence-electron chi connectivity index (χ3n) is 4.10. The van der Waals surface area contributed by atoms with E-state index in [4.69, 9.17) is 4.74 Å². The molecule has 0 bridgehead atoms. The number of esters is 1. The molecular weight excluding hydrogens is 373 g/mol. The fraction of sp³-hybridized carbons (Fsp3) is 0.0870. The van der Waals surface area contributed by atoms with Crippen LogP contribution in [0.1, 0.15) is 33.6 Å². The van der Waals surface area contributed by atoms with Crippen molar-refractivity contribution in [2.45, 2.75) is 12.8 Å². The van der Waals surface area contributed by atoms with Gasteiger partial charge >= 0.3 is 5.97 Å². The summed E-state index contributed by atoms with van der Waals surface area (Å²) in [5.74, 6) is -1.18. The van der Waals surface area contributed by atoms with Crippen LogP contribution in [0.4, 0.5) is 10.1 Å². The number of ketones is 1. The molecule has 3 aromatic rings. The summed E-state index contributed by atoms with van der Waals surface area (Å²) in [5, 5.41) is 2.75. The molecule has 0 saturated heterocycles. The van der Waals surface area contributed by atoms with E-state index in [1.54, 1.807) is 48.5 Å². The van der Waals surface area contributed by atoms with Gasteiger partial charge in [0.25, 0.3) is 5.91 Å². The SMILES string of the molecule is O=C(CCC(=O)c1ccc(F)cc1)Oc1ccc(NC(=O)c2ccccc2)cc1. The molecule has 3 rings (SSSR count). The largest absolute Gasteiger partial charge is 0.427 e. The number of amides is 1. The molecule has 29 heavy (non-hydrogen) atoms. The van der Waals surface area contributed by atoms with E-state index in [0.29, 0.717) is 22.6 Å². The van der Waals surface area contributed by atoms with Crippen LogP contribution < -0.4 is 10.1 Å². The highest BCUT2D eigenvalue weighted by Gasteiger charge is 2.12. The molecule has 0 aromatic heterocycles. The lowest BCUT2D eigenvalue weighted by Gasteiger charge is -2.07. The van der Waals surface area contributed by atoms with Gasteiger partial charge in [-0.25, -0.2) is 4.39 Å². The minimum atomic E-state index is -0.554. The molecule has 1 amide bonds. The number of anilines is 1. The zero-order chi connectivity index (χ0) is 20.6. The second kappa shape index (κ2) is 9.41. The topological polar surface area (TPSA) is 72.5 Å². The number of carbonyl (C=O) groups excluding carboxylic acids is 3. The molecule has 0 radical (unpaired) electrons. The van der Waals surface area contributed by atoms with Crippen molar-refractivity contribution in [3.8, 4) is 5.75 Å². The van der Waals surface area contributed by atoms with E-state index in [1.165, 1.54) is 24.3 Å². The van der Waals surface area contributed by atoms with Gasteiger partial charge in [0.1, 0.15) is 11.6 Å². The Morgan fingerprint density at radius 1 is 0.759 bits per heavy atom. The van der Waals surface area contributed by atoms with Gasteiger partial charge in [0.05, 0.1) is 6.42 Å². The minimum absolute atomic E-state index is 0.0321. The Morgan fingerprint density at radius 2 is 1.41 bits per heavy atom. The summed E-state index contributed by atoms with van der Waals surface area (Å²) in [5.41, 5.74) is 1.44. The van der Waals surface area contributed by atoms with Crippen molar-refractivity contribution in [1.82, 2.24) is 0 Å². The molecule has 0 spiro atoms. The number of rotatable bonds is 7. The number of hydrogen-bond donors (Lipinski definition) is 1. The Balaban J connectivity index is 1.49. The molecule has 0 unspecified atom stereocenters. The molecule has 0 atom stereocenters. The maximum atomic E-state index is 12.9. The van der Waals surface area contributed by atoms with Crippen LogP contribution in [0.15, 0.2) is 78.9 Å². The Bertz CT molecular complexity index is 999. The smallest absolute Gasteiger partial charge is 0.311 e. The van der Waals surface area contributed by atoms with E-state index >= 15 is 0 Å². The predicted molar refractivity (Wildman–Crippen MR) is 106 cm³/mol. The van der Waals surface area contributed by atoms with Crippen molar-refractivity contribution in [1.29, 1.82) is 0 Å². The molecule has 0 aliphatic heterocycles. The van der Waals surface area contributed by atoms with Crippen LogP contribution in [0, 0.1) is 5.82 Å². The van der Waals surface area contributed by atoms with Gasteiger partial charge in [-0.15, -0.1) is 0 Å². The fourth-order valence-corrected chi connectivity index (χ4v) is 2.58. The van der Waals surface area contributed by atoms with E-state index in [0.717, 1.165) is 0 Å². The first kappa shape index (κ1) is 19.9. The maximum Gasteiger partial charge on any atom is 0.311 e. The standard InChI is InChI=1S/C23H18FNO4/c24-18-8-6-16(7-9-18)21(26)14-15-22(27)29-20-12-10-19(11-13-20)25-23(28)17-4-2-1-3-5-17/h1-13H,14-15H2,(H,25,28). The number of nitrogens with one attached hydrogen (secondary N) is 1. The van der Waals surface area contributed by atoms with E-state index in [-0.39, 0.29) is 24.5 Å². The molecule has 0 aliphatic rings. The number of hydrogen-bond acceptors (Lipinski definition) is 4. The average Bonchev–Trinajstić information content (AvgIpc) is 2.74. The van der Waals surface area contributed by atoms with Crippen LogP contribution >= 0.6 is 0 Å². The van der Waals surface area contributed by atoms with Gasteiger partial charge in [0.2, 0.25) is 0 Å². The molecule has 0 aliphatic carbocycles. The Hall–Kier alpha value is -3.80. The first-order valence-corrected chi connectivity index (χ1v) is 8.97. The van der Waals surface area contributed by atoms with Gasteiger partial charge in [-0.3, -0.25) is 14.4 Å². The van der Waals surface area contributed by atoms with Gasteiger partial charge in [0.15, 0.2) is 5.78 Å². The van der Waals surface area contributed by atoms with Gasteiger partial charge in [-0.05, 0) is 60.7 Å². The van der Waals surface area contributed by atoms with Crippen LogP contribution in [0.2, 0.25) is 0 Å². The summed E-state index contributed by atoms with van der Waals surface area (Å²) in [6.45, 7) is 0. The number of Topliss-reactive ketones (excluding diaryl/α,β-unsaturated/α-hetero) is 1. The number of benzene rings is 3. The van der Waals surface area contributed by atoms with Crippen molar-refractivity contribution >= 4 is 23.3 Å². The molecule has 5 nitrogen and oxygen atoms in total. The van der Waals surface area contributed by atoms with Gasteiger partial charge in [-0.1, -0.05) is 18.2 Å². The van der Waals surface area contributed by atoms with Crippen molar-refractivity contribution in [2.75, 3.05) is 5.32 Å². The highest BCUT2D eigenvalue weighted by molar-refractivity contribution is 6.04. The zero-order valence-electron chi connectivity index (χ0n) is 15.4. The molecule has 0 fully saturated rings. The maximum absolute atomic E-state index is 12.9. The van der Waals surface area contributed by atoms with E-state index in [9.17, 15) is 18.8 Å². The molecule has 0 saturated carbocycles. The molecule has 3 aromatic carbocycles. The molecule has 6 heteroatoms. The monoisotopic (exact) mass is 391 g/mol. The van der Waals surface area contributed by atoms with E-state index < -0.39 is 11.8 Å². The van der Waals surface area contributed by atoms with Crippen LogP contribution in [-0.4, -0.2) is 17.7 Å². The summed E-state index contributed by atoms with van der Waals surface area (Å²) in [4.78, 5) is 36.1. The number of ether oxygens (including phenoxy) is 1. The molecule has 146 valence electrons. The summed E-state index contributed by atoms with van der Waals surface area (Å²) in [6.07, 6.45) is -0.127. The van der Waals surface area contributed by atoms with Crippen LogP contribution in [0.3, 0.4) is 0 Å². The van der Waals surface area contributed by atoms with Crippen molar-refractivity contribution < 1.29 is 23.5 Å². The highest BCUT2D eigenvalue weighted by Crippen LogP contribution is 2.17. The number of halogens is 1. The summed E-state index contributed by atoms with van der Waals surface area (Å²) < 4.78 is 18.1. The van der Waals surface area contributed by atoms with Gasteiger partial charge in [0, 0.05) is 23.2 Å². The highest BCUT2D eigenvalue weighted by atomic mass is 19.1. The van der Waals surface area contributed by atoms with Crippen molar-refractivity contribution in [3.05, 3.63) is 95.8 Å². The first-order valence-electron chi connectivity index (χ1n) is 8.97. The molecule has 0 heterocycles. The lowest BCUT2D eigenvalue weighted by Crippen LogP contribution is -2.12. The predicted octanol–water partition coefficient (Wildman–Crippen LogP) is 4.65. The number of carbonyl (C=O) groups is 3. The lowest BCUT2D eigenvalue weighted by molar-refractivity contribution is -0.134. The molecule has 1 N–H and O–H groups in total. The van der Waals surface area contributed by atoms with Gasteiger partial charge in [-0.2, -0.15) is 0 Å². The van der Waals surface area contributed by atoms with E-state index in [2.05, 4.69) is 5.32 Å². The van der Waals surface area contributed by atoms with Gasteiger partial charge < -0.3 is 10.1 Å². The fourth-order valence-electron chi connectivity index (χ4n) is 2.58. The Morgan fingerprint density at radius 3 is 2.07 bits per heavy atom. The third-order valence-corrected chi connectivity index (χ3v) is 4.10. The van der Waals surface area contributed by atoms with Crippen LogP contribution in [0.25, 0.3) is 0 Å². The summed E-state index contributed by atoms with van der Waals surface area (Å²) in [6, 6.07) is 20.3.